The molecule has 0 heterocycles. The molecule has 0 bridgehead atoms. The van der Waals surface area contributed by atoms with Gasteiger partial charge in [-0.2, -0.15) is 0 Å². The van der Waals surface area contributed by atoms with E-state index in [4.69, 9.17) is 0 Å². The Labute approximate surface area is 608 Å². The van der Waals surface area contributed by atoms with Crippen molar-refractivity contribution in [2.75, 3.05) is 111 Å². The Morgan fingerprint density at radius 2 is 0.429 bits per heavy atom. The number of unbranched alkanes of at least 4 members (excludes halogenated alkanes) is 41. The molecule has 5 amide bonds. The predicted molar refractivity (Wildman–Crippen MR) is 422 cm³/mol. The van der Waals surface area contributed by atoms with Gasteiger partial charge in [-0.15, -0.1) is 0 Å². The van der Waals surface area contributed by atoms with Gasteiger partial charge in [-0.05, 0) is 51.5 Å². The maximum Gasteiger partial charge on any atom is 0.221 e. The van der Waals surface area contributed by atoms with Crippen LogP contribution in [0.1, 0.15) is 388 Å². The molecular weight excluding hydrogens is 1220 g/mol. The third-order valence-corrected chi connectivity index (χ3v) is 20.1. The van der Waals surface area contributed by atoms with Gasteiger partial charge >= 0.3 is 0 Å². The number of amides is 5. The second kappa shape index (κ2) is 78.3. The van der Waals surface area contributed by atoms with Crippen molar-refractivity contribution in [1.82, 2.24) is 51.9 Å². The van der Waals surface area contributed by atoms with Gasteiger partial charge in [0, 0.05) is 143 Å². The van der Waals surface area contributed by atoms with E-state index in [1.807, 2.05) is 0 Å². The first kappa shape index (κ1) is 95.2. The summed E-state index contributed by atoms with van der Waals surface area (Å²) in [4.78, 5) is 73.5. The van der Waals surface area contributed by atoms with E-state index in [9.17, 15) is 24.0 Å². The molecule has 15 heteroatoms. The number of rotatable bonds is 81. The van der Waals surface area contributed by atoms with Crippen molar-refractivity contribution in [2.24, 2.45) is 0 Å². The van der Waals surface area contributed by atoms with Crippen molar-refractivity contribution in [3.05, 3.63) is 0 Å². The summed E-state index contributed by atoms with van der Waals surface area (Å²) < 4.78 is 0. The molecule has 0 saturated heterocycles. The summed E-state index contributed by atoms with van der Waals surface area (Å²) >= 11 is 0. The highest BCUT2D eigenvalue weighted by Crippen LogP contribution is 2.16. The van der Waals surface area contributed by atoms with E-state index in [0.717, 1.165) is 90.4 Å². The monoisotopic (exact) mass is 1390 g/mol. The van der Waals surface area contributed by atoms with Crippen molar-refractivity contribution in [1.29, 1.82) is 0 Å². The summed E-state index contributed by atoms with van der Waals surface area (Å²) in [6, 6.07) is 0.632. The fourth-order valence-corrected chi connectivity index (χ4v) is 13.4. The van der Waals surface area contributed by atoms with Crippen LogP contribution in [0, 0.1) is 0 Å². The molecule has 98 heavy (non-hydrogen) atoms. The summed E-state index contributed by atoms with van der Waals surface area (Å²) in [7, 11) is 0. The molecular formula is C83H168N10O5. The Balaban J connectivity index is 5.92. The van der Waals surface area contributed by atoms with Crippen LogP contribution >= 0.6 is 0 Å². The molecule has 7 N–H and O–H groups in total. The minimum absolute atomic E-state index is 0.0679. The van der Waals surface area contributed by atoms with E-state index in [2.05, 4.69) is 93.5 Å². The molecule has 0 fully saturated rings. The fraction of sp³-hybridized carbons (Fsp3) is 0.940. The zero-order valence-electron chi connectivity index (χ0n) is 66.2. The molecule has 0 aliphatic carbocycles. The third-order valence-electron chi connectivity index (χ3n) is 20.1. The van der Waals surface area contributed by atoms with Crippen molar-refractivity contribution in [3.8, 4) is 0 Å². The van der Waals surface area contributed by atoms with Crippen molar-refractivity contribution >= 4 is 29.5 Å². The highest BCUT2D eigenvalue weighted by Gasteiger charge is 2.17. The predicted octanol–water partition coefficient (Wildman–Crippen LogP) is 18.2. The van der Waals surface area contributed by atoms with Crippen LogP contribution in [-0.2, 0) is 24.0 Å². The number of hydrogen-bond acceptors (Lipinski definition) is 10. The van der Waals surface area contributed by atoms with Crippen LogP contribution in [-0.4, -0.2) is 162 Å². The number of carbonyl (C=O) groups excluding carboxylic acids is 5. The molecule has 580 valence electrons. The first-order chi connectivity index (χ1) is 48.1. The number of nitrogens with one attached hydrogen (secondary N) is 7. The molecule has 1 unspecified atom stereocenters. The molecule has 0 saturated carbocycles. The van der Waals surface area contributed by atoms with Gasteiger partial charge in [0.2, 0.25) is 29.5 Å². The van der Waals surface area contributed by atoms with Gasteiger partial charge in [-0.1, -0.05) is 311 Å². The van der Waals surface area contributed by atoms with Gasteiger partial charge in [0.05, 0.1) is 0 Å². The molecule has 0 aromatic carbocycles. The van der Waals surface area contributed by atoms with Gasteiger partial charge in [-0.25, -0.2) is 0 Å². The van der Waals surface area contributed by atoms with E-state index in [-0.39, 0.29) is 29.5 Å². The van der Waals surface area contributed by atoms with Crippen molar-refractivity contribution < 1.29 is 24.0 Å². The smallest absolute Gasteiger partial charge is 0.221 e. The van der Waals surface area contributed by atoms with E-state index in [1.165, 1.54) is 250 Å². The SMILES string of the molecule is CCCCCCCCCCCCNC(=O)CCN(CCNCCN(CCC(=O)NCCCCCCCC(CCCC)NCC)CCN(CCC(=O)NCCCCCCCCCCCC)CCC(=O)NCCCCCCCCCCCC)CCC(=O)NCCCCCCCCCCCC. The second-order valence-corrected chi connectivity index (χ2v) is 29.5. The summed E-state index contributed by atoms with van der Waals surface area (Å²) in [6.07, 6.45) is 63.4. The topological polar surface area (TPSA) is 179 Å². The molecule has 0 rings (SSSR count). The zero-order valence-corrected chi connectivity index (χ0v) is 66.2. The van der Waals surface area contributed by atoms with Crippen LogP contribution in [0.15, 0.2) is 0 Å². The highest BCUT2D eigenvalue weighted by molar-refractivity contribution is 5.77. The Hall–Kier alpha value is -2.85. The summed E-state index contributed by atoms with van der Waals surface area (Å²) in [6.45, 7) is 25.3. The molecule has 1 atom stereocenters. The second-order valence-electron chi connectivity index (χ2n) is 29.5. The maximum atomic E-state index is 13.5. The molecule has 15 nitrogen and oxygen atoms in total. The van der Waals surface area contributed by atoms with E-state index >= 15 is 0 Å². The van der Waals surface area contributed by atoms with Gasteiger partial charge in [0.1, 0.15) is 0 Å². The number of carbonyl (C=O) groups is 5. The van der Waals surface area contributed by atoms with Crippen LogP contribution < -0.4 is 37.2 Å². The van der Waals surface area contributed by atoms with Crippen LogP contribution in [0.5, 0.6) is 0 Å². The van der Waals surface area contributed by atoms with E-state index in [1.54, 1.807) is 0 Å². The van der Waals surface area contributed by atoms with Crippen LogP contribution in [0.3, 0.4) is 0 Å². The fourth-order valence-electron chi connectivity index (χ4n) is 13.4. The van der Waals surface area contributed by atoms with Gasteiger partial charge in [0.15, 0.2) is 0 Å². The zero-order chi connectivity index (χ0) is 71.4. The van der Waals surface area contributed by atoms with E-state index < -0.39 is 0 Å². The third kappa shape index (κ3) is 71.5. The molecule has 0 radical (unpaired) electrons. The highest BCUT2D eigenvalue weighted by atomic mass is 16.2. The Bertz CT molecular complexity index is 1630. The molecule has 0 spiro atoms. The van der Waals surface area contributed by atoms with Gasteiger partial charge in [0.25, 0.3) is 0 Å². The average molecular weight is 1390 g/mol. The molecule has 0 aliphatic heterocycles. The lowest BCUT2D eigenvalue weighted by atomic mass is 10.0. The standard InChI is InChI=1S/C83H168N10O5/c1-7-13-18-22-26-30-34-38-44-50-62-86-79(94)57-69-91(70-58-80(95)87-63-51-45-39-35-31-27-23-19-14-8-2)74-67-84-68-75-93(73-61-83(98)90-66-54-48-42-43-49-56-78(85-12-6)55-17-11-5)77-76-92(71-59-81(96)88-64-52-46-40-36-32-28-24-20-15-9-3)72-60-82(97)89-65-53-47-41-37-33-29-25-21-16-10-4/h78,84-85H,7-77H2,1-6H3,(H,86,94)(H,87,95)(H,88,96)(H,89,97)(H,90,98). The van der Waals surface area contributed by atoms with Crippen molar-refractivity contribution in [2.45, 2.75) is 394 Å². The number of nitrogens with zero attached hydrogens (tertiary/aromatic N) is 3. The summed E-state index contributed by atoms with van der Waals surface area (Å²) in [5, 5.41) is 23.4. The first-order valence-electron chi connectivity index (χ1n) is 43.1. The Morgan fingerprint density at radius 1 is 0.224 bits per heavy atom. The minimum Gasteiger partial charge on any atom is -0.356 e. The number of hydrogen-bond donors (Lipinski definition) is 7. The lowest BCUT2D eigenvalue weighted by Gasteiger charge is -2.28. The average Bonchev–Trinajstić information content (AvgIpc) is 3.76. The van der Waals surface area contributed by atoms with Crippen LogP contribution in [0.2, 0.25) is 0 Å². The summed E-state index contributed by atoms with van der Waals surface area (Å²) in [5.41, 5.74) is 0. The quantitative estimate of drug-likeness (QED) is 0.0290. The van der Waals surface area contributed by atoms with Crippen molar-refractivity contribution in [3.63, 3.8) is 0 Å². The van der Waals surface area contributed by atoms with Crippen LogP contribution in [0.25, 0.3) is 0 Å². The van der Waals surface area contributed by atoms with E-state index in [0.29, 0.717) is 123 Å². The molecule has 0 aliphatic rings. The first-order valence-corrected chi connectivity index (χ1v) is 43.1. The normalized spacial score (nSPS) is 11.9. The molecule has 0 aromatic rings. The Kier molecular flexibility index (Phi) is 76.0. The lowest BCUT2D eigenvalue weighted by Crippen LogP contribution is -2.43. The van der Waals surface area contributed by atoms with Crippen LogP contribution in [0.4, 0.5) is 0 Å². The Morgan fingerprint density at radius 3 is 0.673 bits per heavy atom. The van der Waals surface area contributed by atoms with Gasteiger partial charge < -0.3 is 51.9 Å². The minimum atomic E-state index is 0.0679. The maximum absolute atomic E-state index is 13.5. The summed E-state index contributed by atoms with van der Waals surface area (Å²) in [5.74, 6) is 0.375. The largest absolute Gasteiger partial charge is 0.356 e. The lowest BCUT2D eigenvalue weighted by molar-refractivity contribution is -0.123. The van der Waals surface area contributed by atoms with Gasteiger partial charge in [-0.3, -0.25) is 24.0 Å². The molecule has 0 aromatic heterocycles.